The molecule has 1 aromatic rings. The SMILES string of the molecule is CC(C)(C)c1cccc(C(C)(C)C)c1O.S. The van der Waals surface area contributed by atoms with Gasteiger partial charge in [0.15, 0.2) is 0 Å². The van der Waals surface area contributed by atoms with Gasteiger partial charge in [0.05, 0.1) is 0 Å². The summed E-state index contributed by atoms with van der Waals surface area (Å²) in [6.45, 7) is 12.7. The van der Waals surface area contributed by atoms with Crippen LogP contribution in [0.1, 0.15) is 52.7 Å². The van der Waals surface area contributed by atoms with Gasteiger partial charge >= 0.3 is 0 Å². The summed E-state index contributed by atoms with van der Waals surface area (Å²) in [4.78, 5) is 0. The Morgan fingerprint density at radius 3 is 1.38 bits per heavy atom. The van der Waals surface area contributed by atoms with Crippen molar-refractivity contribution in [2.45, 2.75) is 52.4 Å². The van der Waals surface area contributed by atoms with Gasteiger partial charge in [0.25, 0.3) is 0 Å². The van der Waals surface area contributed by atoms with Crippen LogP contribution >= 0.6 is 13.5 Å². The summed E-state index contributed by atoms with van der Waals surface area (Å²) in [5, 5.41) is 10.3. The molecule has 1 rings (SSSR count). The maximum Gasteiger partial charge on any atom is 0.123 e. The molecule has 0 aliphatic heterocycles. The van der Waals surface area contributed by atoms with Crippen LogP contribution in [0.3, 0.4) is 0 Å². The molecule has 0 bridgehead atoms. The second-order valence-corrected chi connectivity index (χ2v) is 6.20. The number of hydrogen-bond donors (Lipinski definition) is 1. The van der Waals surface area contributed by atoms with Crippen LogP contribution in [0.15, 0.2) is 18.2 Å². The van der Waals surface area contributed by atoms with Gasteiger partial charge in [-0.1, -0.05) is 59.7 Å². The molecule has 0 saturated heterocycles. The third-order valence-electron chi connectivity index (χ3n) is 2.65. The molecule has 0 spiro atoms. The zero-order valence-corrected chi connectivity index (χ0v) is 12.2. The molecule has 0 radical (unpaired) electrons. The summed E-state index contributed by atoms with van der Waals surface area (Å²) in [6.07, 6.45) is 0. The number of phenols is 1. The van der Waals surface area contributed by atoms with Crippen molar-refractivity contribution in [2.24, 2.45) is 0 Å². The summed E-state index contributed by atoms with van der Waals surface area (Å²) in [6, 6.07) is 6.04. The monoisotopic (exact) mass is 240 g/mol. The minimum atomic E-state index is -0.00859. The van der Waals surface area contributed by atoms with Gasteiger partial charge in [-0.25, -0.2) is 0 Å². The van der Waals surface area contributed by atoms with Crippen LogP contribution < -0.4 is 0 Å². The first-order valence-electron chi connectivity index (χ1n) is 5.47. The molecular formula is C14H24OS. The molecule has 92 valence electrons. The average molecular weight is 240 g/mol. The Hall–Kier alpha value is -0.630. The average Bonchev–Trinajstić information content (AvgIpc) is 1.99. The van der Waals surface area contributed by atoms with E-state index < -0.39 is 0 Å². The van der Waals surface area contributed by atoms with Crippen LogP contribution in [0.25, 0.3) is 0 Å². The second kappa shape index (κ2) is 4.70. The fourth-order valence-electron chi connectivity index (χ4n) is 1.75. The maximum absolute atomic E-state index is 10.3. The molecule has 0 aliphatic carbocycles. The van der Waals surface area contributed by atoms with Gasteiger partial charge in [-0.2, -0.15) is 13.5 Å². The lowest BCUT2D eigenvalue weighted by molar-refractivity contribution is 0.423. The molecule has 0 amide bonds. The Morgan fingerprint density at radius 1 is 0.812 bits per heavy atom. The number of benzene rings is 1. The fraction of sp³-hybridized carbons (Fsp3) is 0.571. The van der Waals surface area contributed by atoms with E-state index in [9.17, 15) is 5.11 Å². The highest BCUT2D eigenvalue weighted by molar-refractivity contribution is 7.59. The fourth-order valence-corrected chi connectivity index (χ4v) is 1.75. The van der Waals surface area contributed by atoms with Crippen molar-refractivity contribution in [3.05, 3.63) is 29.3 Å². The van der Waals surface area contributed by atoms with Crippen LogP contribution in [0.5, 0.6) is 5.75 Å². The zero-order chi connectivity index (χ0) is 11.9. The van der Waals surface area contributed by atoms with Crippen molar-refractivity contribution in [1.82, 2.24) is 0 Å². The third-order valence-corrected chi connectivity index (χ3v) is 2.65. The number of phenolic OH excluding ortho intramolecular Hbond substituents is 1. The van der Waals surface area contributed by atoms with E-state index in [1.807, 2.05) is 18.2 Å². The molecule has 0 heterocycles. The molecule has 0 saturated carbocycles. The van der Waals surface area contributed by atoms with E-state index in [-0.39, 0.29) is 24.3 Å². The molecular weight excluding hydrogens is 216 g/mol. The molecule has 0 unspecified atom stereocenters. The predicted molar refractivity (Wildman–Crippen MR) is 75.9 cm³/mol. The van der Waals surface area contributed by atoms with Gasteiger partial charge < -0.3 is 5.11 Å². The Labute approximate surface area is 106 Å². The van der Waals surface area contributed by atoms with Gasteiger partial charge in [-0.15, -0.1) is 0 Å². The molecule has 0 atom stereocenters. The molecule has 0 aliphatic rings. The van der Waals surface area contributed by atoms with Crippen LogP contribution in [0, 0.1) is 0 Å². The van der Waals surface area contributed by atoms with Crippen molar-refractivity contribution >= 4 is 13.5 Å². The molecule has 16 heavy (non-hydrogen) atoms. The van der Waals surface area contributed by atoms with Crippen molar-refractivity contribution in [3.8, 4) is 5.75 Å². The van der Waals surface area contributed by atoms with Crippen LogP contribution in [0.2, 0.25) is 0 Å². The lowest BCUT2D eigenvalue weighted by Crippen LogP contribution is -2.16. The summed E-state index contributed by atoms with van der Waals surface area (Å²) < 4.78 is 0. The smallest absolute Gasteiger partial charge is 0.123 e. The molecule has 0 fully saturated rings. The minimum Gasteiger partial charge on any atom is -0.507 e. The third kappa shape index (κ3) is 3.18. The molecule has 1 nitrogen and oxygen atoms in total. The Balaban J connectivity index is 0.00000225. The quantitative estimate of drug-likeness (QED) is 0.724. The Bertz CT molecular complexity index is 324. The first-order chi connectivity index (χ1) is 6.64. The number of rotatable bonds is 0. The Morgan fingerprint density at radius 2 is 1.12 bits per heavy atom. The number of aromatic hydroxyl groups is 1. The molecule has 2 heteroatoms. The summed E-state index contributed by atoms with van der Waals surface area (Å²) in [5.41, 5.74) is 2.03. The van der Waals surface area contributed by atoms with Gasteiger partial charge in [0.1, 0.15) is 5.75 Å². The summed E-state index contributed by atoms with van der Waals surface area (Å²) in [5.74, 6) is 0.456. The second-order valence-electron chi connectivity index (χ2n) is 6.20. The minimum absolute atomic E-state index is 0. The topological polar surface area (TPSA) is 20.2 Å². The Kier molecular flexibility index (Phi) is 4.52. The first-order valence-corrected chi connectivity index (χ1v) is 5.47. The van der Waals surface area contributed by atoms with Gasteiger partial charge in [0, 0.05) is 0 Å². The van der Waals surface area contributed by atoms with E-state index in [0.29, 0.717) is 5.75 Å². The van der Waals surface area contributed by atoms with Gasteiger partial charge in [-0.3, -0.25) is 0 Å². The van der Waals surface area contributed by atoms with Crippen LogP contribution in [-0.4, -0.2) is 5.11 Å². The first kappa shape index (κ1) is 15.4. The van der Waals surface area contributed by atoms with E-state index in [4.69, 9.17) is 0 Å². The van der Waals surface area contributed by atoms with E-state index >= 15 is 0 Å². The van der Waals surface area contributed by atoms with E-state index in [1.54, 1.807) is 0 Å². The maximum atomic E-state index is 10.3. The van der Waals surface area contributed by atoms with E-state index in [0.717, 1.165) is 11.1 Å². The zero-order valence-electron chi connectivity index (χ0n) is 11.2. The van der Waals surface area contributed by atoms with E-state index in [1.165, 1.54) is 0 Å². The standard InChI is InChI=1S/C14H22O.H2S/c1-13(2,3)10-8-7-9-11(12(10)15)14(4,5)6;/h7-9,15H,1-6H3;1H2. The van der Waals surface area contributed by atoms with Crippen molar-refractivity contribution in [3.63, 3.8) is 0 Å². The highest BCUT2D eigenvalue weighted by Gasteiger charge is 2.24. The van der Waals surface area contributed by atoms with Gasteiger partial charge in [-0.05, 0) is 22.0 Å². The highest BCUT2D eigenvalue weighted by atomic mass is 32.1. The summed E-state index contributed by atoms with van der Waals surface area (Å²) in [7, 11) is 0. The largest absolute Gasteiger partial charge is 0.507 e. The van der Waals surface area contributed by atoms with Crippen LogP contribution in [-0.2, 0) is 10.8 Å². The molecule has 0 aromatic heterocycles. The van der Waals surface area contributed by atoms with Crippen molar-refractivity contribution in [2.75, 3.05) is 0 Å². The molecule has 1 N–H and O–H groups in total. The lowest BCUT2D eigenvalue weighted by atomic mass is 9.80. The van der Waals surface area contributed by atoms with Crippen LogP contribution in [0.4, 0.5) is 0 Å². The number of para-hydroxylation sites is 1. The van der Waals surface area contributed by atoms with E-state index in [2.05, 4.69) is 41.5 Å². The highest BCUT2D eigenvalue weighted by Crippen LogP contribution is 2.38. The van der Waals surface area contributed by atoms with Crippen molar-refractivity contribution in [1.29, 1.82) is 0 Å². The van der Waals surface area contributed by atoms with Gasteiger partial charge in [0.2, 0.25) is 0 Å². The summed E-state index contributed by atoms with van der Waals surface area (Å²) >= 11 is 0. The number of hydrogen-bond acceptors (Lipinski definition) is 1. The lowest BCUT2D eigenvalue weighted by Gasteiger charge is -2.26. The van der Waals surface area contributed by atoms with Crippen molar-refractivity contribution < 1.29 is 5.11 Å². The predicted octanol–water partition coefficient (Wildman–Crippen LogP) is 4.10. The normalized spacial score (nSPS) is 12.1. The molecule has 1 aromatic carbocycles.